The third-order valence-electron chi connectivity index (χ3n) is 5.33. The molecule has 4 rings (SSSR count). The van der Waals surface area contributed by atoms with Crippen LogP contribution in [0, 0.1) is 11.8 Å². The van der Waals surface area contributed by atoms with Gasteiger partial charge in [0.1, 0.15) is 0 Å². The summed E-state index contributed by atoms with van der Waals surface area (Å²) in [6.07, 6.45) is 2.49. The Morgan fingerprint density at radius 1 is 1.21 bits per heavy atom. The molecule has 0 spiro atoms. The van der Waals surface area contributed by atoms with Crippen LogP contribution in [0.5, 0.6) is 0 Å². The molecule has 2 aromatic carbocycles. The summed E-state index contributed by atoms with van der Waals surface area (Å²) >= 11 is 0. The highest BCUT2D eigenvalue weighted by molar-refractivity contribution is 6.07. The fourth-order valence-corrected chi connectivity index (χ4v) is 3.74. The van der Waals surface area contributed by atoms with Crippen molar-refractivity contribution in [2.75, 3.05) is 11.4 Å². The number of carbonyl (C=O) groups is 2. The summed E-state index contributed by atoms with van der Waals surface area (Å²) in [5, 5.41) is 5.28. The fraction of sp³-hybridized carbons (Fsp3) is 0.400. The van der Waals surface area contributed by atoms with Gasteiger partial charge in [-0.05, 0) is 23.8 Å². The lowest BCUT2D eigenvalue weighted by Crippen LogP contribution is -2.35. The summed E-state index contributed by atoms with van der Waals surface area (Å²) in [6.45, 7) is 2.63. The van der Waals surface area contributed by atoms with Crippen molar-refractivity contribution >= 4 is 28.3 Å². The smallest absolute Gasteiger partial charge is 0.227 e. The molecule has 2 amide bonds. The maximum Gasteiger partial charge on any atom is 0.227 e. The summed E-state index contributed by atoms with van der Waals surface area (Å²) in [4.78, 5) is 26.7. The summed E-state index contributed by atoms with van der Waals surface area (Å²) < 4.78 is 0. The van der Waals surface area contributed by atoms with E-state index in [1.165, 1.54) is 0 Å². The number of fused-ring (bicyclic) bond motifs is 1. The van der Waals surface area contributed by atoms with E-state index < -0.39 is 0 Å². The molecule has 0 aromatic heterocycles. The molecule has 0 unspecified atom stereocenters. The molecule has 1 N–H and O–H groups in total. The highest BCUT2D eigenvalue weighted by Gasteiger charge is 2.41. The van der Waals surface area contributed by atoms with Gasteiger partial charge in [-0.15, -0.1) is 0 Å². The summed E-state index contributed by atoms with van der Waals surface area (Å²) in [7, 11) is 0. The van der Waals surface area contributed by atoms with Crippen LogP contribution >= 0.6 is 0 Å². The van der Waals surface area contributed by atoms with Crippen molar-refractivity contribution < 1.29 is 9.59 Å². The number of anilines is 1. The van der Waals surface area contributed by atoms with Crippen molar-refractivity contribution in [1.29, 1.82) is 0 Å². The van der Waals surface area contributed by atoms with E-state index in [1.807, 2.05) is 42.5 Å². The molecule has 0 bridgehead atoms. The Bertz CT molecular complexity index is 796. The van der Waals surface area contributed by atoms with Crippen molar-refractivity contribution in [2.45, 2.75) is 32.2 Å². The first-order valence-electron chi connectivity index (χ1n) is 8.76. The van der Waals surface area contributed by atoms with Crippen LogP contribution in [0.25, 0.3) is 10.8 Å². The van der Waals surface area contributed by atoms with Gasteiger partial charge in [-0.1, -0.05) is 49.7 Å². The third-order valence-corrected chi connectivity index (χ3v) is 5.33. The molecule has 3 atom stereocenters. The number of nitrogens with one attached hydrogen (secondary N) is 1. The summed E-state index contributed by atoms with van der Waals surface area (Å²) in [5.41, 5.74) is 0.909. The Morgan fingerprint density at radius 2 is 2.00 bits per heavy atom. The zero-order valence-electron chi connectivity index (χ0n) is 13.9. The lowest BCUT2D eigenvalue weighted by molar-refractivity contribution is -0.126. The molecule has 0 radical (unpaired) electrons. The Morgan fingerprint density at radius 3 is 2.79 bits per heavy atom. The number of hydrogen-bond acceptors (Lipinski definition) is 2. The van der Waals surface area contributed by atoms with Crippen LogP contribution in [-0.2, 0) is 9.59 Å². The second kappa shape index (κ2) is 5.93. The number of benzene rings is 2. The average molecular weight is 322 g/mol. The van der Waals surface area contributed by atoms with Gasteiger partial charge in [0.25, 0.3) is 0 Å². The molecule has 1 saturated carbocycles. The predicted octanol–water partition coefficient (Wildman–Crippen LogP) is 3.11. The van der Waals surface area contributed by atoms with Crippen LogP contribution in [0.15, 0.2) is 42.5 Å². The van der Waals surface area contributed by atoms with E-state index in [4.69, 9.17) is 0 Å². The monoisotopic (exact) mass is 322 g/mol. The maximum absolute atomic E-state index is 12.5. The standard InChI is InChI=1S/C20H22N2O2/c1-2-13-10-17(13)21-20(24)15-11-19(23)22(12-15)18-9-5-7-14-6-3-4-8-16(14)18/h3-9,13,15,17H,2,10-12H2,1H3,(H,21,24)/t13-,15+,17-/m1/s1. The van der Waals surface area contributed by atoms with Gasteiger partial charge in [-0.3, -0.25) is 9.59 Å². The van der Waals surface area contributed by atoms with Crippen LogP contribution in [0.4, 0.5) is 5.69 Å². The topological polar surface area (TPSA) is 49.4 Å². The zero-order valence-corrected chi connectivity index (χ0v) is 13.9. The van der Waals surface area contributed by atoms with Gasteiger partial charge in [0.05, 0.1) is 11.6 Å². The van der Waals surface area contributed by atoms with Gasteiger partial charge >= 0.3 is 0 Å². The molecule has 1 heterocycles. The highest BCUT2D eigenvalue weighted by Crippen LogP contribution is 2.35. The highest BCUT2D eigenvalue weighted by atomic mass is 16.2. The van der Waals surface area contributed by atoms with E-state index in [2.05, 4.69) is 12.2 Å². The van der Waals surface area contributed by atoms with Gasteiger partial charge < -0.3 is 10.2 Å². The molecule has 24 heavy (non-hydrogen) atoms. The number of rotatable bonds is 4. The van der Waals surface area contributed by atoms with Gasteiger partial charge in [-0.2, -0.15) is 0 Å². The molecule has 2 aromatic rings. The van der Waals surface area contributed by atoms with Gasteiger partial charge in [0.2, 0.25) is 11.8 Å². The molecule has 1 saturated heterocycles. The lowest BCUT2D eigenvalue weighted by atomic mass is 10.1. The van der Waals surface area contributed by atoms with Gasteiger partial charge in [0.15, 0.2) is 0 Å². The third kappa shape index (κ3) is 2.66. The van der Waals surface area contributed by atoms with Crippen molar-refractivity contribution in [3.63, 3.8) is 0 Å². The molecule has 4 nitrogen and oxygen atoms in total. The number of hydrogen-bond donors (Lipinski definition) is 1. The number of amides is 2. The quantitative estimate of drug-likeness (QED) is 0.940. The number of carbonyl (C=O) groups excluding carboxylic acids is 2. The van der Waals surface area contributed by atoms with Crippen LogP contribution < -0.4 is 10.2 Å². The Kier molecular flexibility index (Phi) is 3.75. The summed E-state index contributed by atoms with van der Waals surface area (Å²) in [5.74, 6) is 0.455. The van der Waals surface area contributed by atoms with E-state index in [1.54, 1.807) is 4.90 Å². The zero-order chi connectivity index (χ0) is 16.7. The van der Waals surface area contributed by atoms with Gasteiger partial charge in [-0.25, -0.2) is 0 Å². The Labute approximate surface area is 141 Å². The average Bonchev–Trinajstić information content (AvgIpc) is 3.24. The van der Waals surface area contributed by atoms with Gasteiger partial charge in [0, 0.05) is 24.4 Å². The molecule has 1 aliphatic carbocycles. The predicted molar refractivity (Wildman–Crippen MR) is 94.7 cm³/mol. The first-order valence-corrected chi connectivity index (χ1v) is 8.76. The van der Waals surface area contributed by atoms with Crippen LogP contribution in [-0.4, -0.2) is 24.4 Å². The van der Waals surface area contributed by atoms with Crippen LogP contribution in [0.1, 0.15) is 26.2 Å². The molecular formula is C20H22N2O2. The summed E-state index contributed by atoms with van der Waals surface area (Å²) in [6, 6.07) is 14.3. The van der Waals surface area contributed by atoms with Crippen LogP contribution in [0.3, 0.4) is 0 Å². The molecule has 124 valence electrons. The lowest BCUT2D eigenvalue weighted by Gasteiger charge is -2.19. The molecular weight excluding hydrogens is 300 g/mol. The normalized spacial score (nSPS) is 26.0. The second-order valence-electron chi connectivity index (χ2n) is 6.92. The van der Waals surface area contributed by atoms with Crippen molar-refractivity contribution in [1.82, 2.24) is 5.32 Å². The van der Waals surface area contributed by atoms with Crippen molar-refractivity contribution in [3.05, 3.63) is 42.5 Å². The van der Waals surface area contributed by atoms with E-state index in [9.17, 15) is 9.59 Å². The van der Waals surface area contributed by atoms with E-state index >= 15 is 0 Å². The Balaban J connectivity index is 1.52. The van der Waals surface area contributed by atoms with E-state index in [0.717, 1.165) is 29.3 Å². The fourth-order valence-electron chi connectivity index (χ4n) is 3.74. The van der Waals surface area contributed by atoms with Crippen LogP contribution in [0.2, 0.25) is 0 Å². The molecule has 1 aliphatic heterocycles. The second-order valence-corrected chi connectivity index (χ2v) is 6.92. The number of nitrogens with zero attached hydrogens (tertiary/aromatic N) is 1. The maximum atomic E-state index is 12.5. The molecule has 4 heteroatoms. The minimum atomic E-state index is -0.241. The molecule has 2 fully saturated rings. The minimum absolute atomic E-state index is 0.0343. The first kappa shape index (κ1) is 15.2. The SMILES string of the molecule is CC[C@@H]1C[C@H]1NC(=O)[C@H]1CC(=O)N(c2cccc3ccccc23)C1. The van der Waals surface area contributed by atoms with E-state index in [-0.39, 0.29) is 17.7 Å². The van der Waals surface area contributed by atoms with E-state index in [0.29, 0.717) is 24.9 Å². The largest absolute Gasteiger partial charge is 0.353 e. The van der Waals surface area contributed by atoms with Crippen molar-refractivity contribution in [2.24, 2.45) is 11.8 Å². The first-order chi connectivity index (χ1) is 11.7. The Hall–Kier alpha value is -2.36. The molecule has 2 aliphatic rings. The van der Waals surface area contributed by atoms with Crippen molar-refractivity contribution in [3.8, 4) is 0 Å². The minimum Gasteiger partial charge on any atom is -0.353 e.